The van der Waals surface area contributed by atoms with E-state index in [1.165, 1.54) is 6.07 Å². The highest BCUT2D eigenvalue weighted by molar-refractivity contribution is 5.81. The van der Waals surface area contributed by atoms with Gasteiger partial charge in [-0.25, -0.2) is 23.1 Å². The van der Waals surface area contributed by atoms with E-state index < -0.39 is 17.5 Å². The number of carbonyl (C=O) groups excluding carboxylic acids is 1. The lowest BCUT2D eigenvalue weighted by atomic mass is 9.96. The molecule has 1 saturated heterocycles. The highest BCUT2D eigenvalue weighted by atomic mass is 19.2. The van der Waals surface area contributed by atoms with Gasteiger partial charge < -0.3 is 10.6 Å². The fourth-order valence-electron chi connectivity index (χ4n) is 3.81. The number of nitrogens with zero attached hydrogens (tertiary/aromatic N) is 2. The molecule has 2 heterocycles. The van der Waals surface area contributed by atoms with Crippen LogP contribution in [0.4, 0.5) is 19.1 Å². The zero-order chi connectivity index (χ0) is 19.0. The van der Waals surface area contributed by atoms with Crippen molar-refractivity contribution in [3.8, 4) is 0 Å². The van der Waals surface area contributed by atoms with Crippen molar-refractivity contribution in [2.45, 2.75) is 31.2 Å². The van der Waals surface area contributed by atoms with Crippen LogP contribution in [0.1, 0.15) is 30.7 Å². The first-order chi connectivity index (χ1) is 13.0. The van der Waals surface area contributed by atoms with Crippen LogP contribution in [0.3, 0.4) is 0 Å². The third-order valence-electron chi connectivity index (χ3n) is 5.29. The smallest absolute Gasteiger partial charge is 0.223 e. The predicted octanol–water partition coefficient (Wildman–Crippen LogP) is 3.00. The minimum absolute atomic E-state index is 0.0118. The van der Waals surface area contributed by atoms with Gasteiger partial charge in [0.1, 0.15) is 0 Å². The lowest BCUT2D eigenvalue weighted by molar-refractivity contribution is -0.122. The molecule has 1 aliphatic heterocycles. The first-order valence-corrected chi connectivity index (χ1v) is 8.96. The highest BCUT2D eigenvalue weighted by Crippen LogP contribution is 2.51. The summed E-state index contributed by atoms with van der Waals surface area (Å²) < 4.78 is 39.2. The number of anilines is 1. The monoisotopic (exact) mass is 376 g/mol. The second-order valence-corrected chi connectivity index (χ2v) is 7.26. The number of carbonyl (C=O) groups is 1. The van der Waals surface area contributed by atoms with Crippen LogP contribution in [0.15, 0.2) is 30.6 Å². The van der Waals surface area contributed by atoms with Gasteiger partial charge in [0.15, 0.2) is 17.5 Å². The summed E-state index contributed by atoms with van der Waals surface area (Å²) >= 11 is 0. The number of halogens is 3. The molecule has 2 fully saturated rings. The molecule has 1 saturated carbocycles. The standard InChI is InChI=1S/C19H19F3N4O/c20-13-7-23-19(24-8-13)25-9-14-4-12(18(27)26-14)3-11-5-15(11)10-1-2-16(21)17(22)6-10/h1-2,6-8,11-12,14-15H,3-5,9H2,(H,26,27)(H,23,24,25)/t11?,12-,14-,15?/m0/s1. The third-order valence-corrected chi connectivity index (χ3v) is 5.29. The number of hydrogen-bond donors (Lipinski definition) is 2. The van der Waals surface area contributed by atoms with Gasteiger partial charge in [-0.15, -0.1) is 0 Å². The maximum atomic E-state index is 13.4. The van der Waals surface area contributed by atoms with E-state index in [0.717, 1.165) is 36.9 Å². The van der Waals surface area contributed by atoms with Crippen LogP contribution in [0.5, 0.6) is 0 Å². The van der Waals surface area contributed by atoms with E-state index in [4.69, 9.17) is 0 Å². The number of amides is 1. The minimum atomic E-state index is -0.841. The summed E-state index contributed by atoms with van der Waals surface area (Å²) in [7, 11) is 0. The van der Waals surface area contributed by atoms with Crippen molar-refractivity contribution < 1.29 is 18.0 Å². The van der Waals surface area contributed by atoms with Gasteiger partial charge in [0.25, 0.3) is 0 Å². The van der Waals surface area contributed by atoms with Crippen LogP contribution in [0, 0.1) is 29.3 Å². The first-order valence-electron chi connectivity index (χ1n) is 8.96. The molecule has 1 aromatic heterocycles. The van der Waals surface area contributed by atoms with Crippen LogP contribution in [0.25, 0.3) is 0 Å². The van der Waals surface area contributed by atoms with Crippen molar-refractivity contribution in [1.82, 2.24) is 15.3 Å². The molecule has 1 aromatic carbocycles. The quantitative estimate of drug-likeness (QED) is 0.813. The molecule has 0 spiro atoms. The molecule has 27 heavy (non-hydrogen) atoms. The van der Waals surface area contributed by atoms with Gasteiger partial charge in [0.05, 0.1) is 12.4 Å². The molecule has 2 N–H and O–H groups in total. The van der Waals surface area contributed by atoms with E-state index in [1.807, 2.05) is 0 Å². The first kappa shape index (κ1) is 17.8. The van der Waals surface area contributed by atoms with Crippen molar-refractivity contribution in [1.29, 1.82) is 0 Å². The third kappa shape index (κ3) is 4.04. The van der Waals surface area contributed by atoms with Gasteiger partial charge >= 0.3 is 0 Å². The molecule has 8 heteroatoms. The molecule has 0 bridgehead atoms. The van der Waals surface area contributed by atoms with Crippen LogP contribution in [-0.4, -0.2) is 28.5 Å². The Hall–Kier alpha value is -2.64. The zero-order valence-corrected chi connectivity index (χ0v) is 14.5. The van der Waals surface area contributed by atoms with Crippen LogP contribution >= 0.6 is 0 Å². The Morgan fingerprint density at radius 1 is 1.11 bits per heavy atom. The lowest BCUT2D eigenvalue weighted by Gasteiger charge is -2.11. The topological polar surface area (TPSA) is 66.9 Å². The van der Waals surface area contributed by atoms with Crippen LogP contribution < -0.4 is 10.6 Å². The van der Waals surface area contributed by atoms with Gasteiger partial charge in [-0.3, -0.25) is 4.79 Å². The van der Waals surface area contributed by atoms with E-state index in [1.54, 1.807) is 6.07 Å². The summed E-state index contributed by atoms with van der Waals surface area (Å²) in [5, 5.41) is 5.94. The van der Waals surface area contributed by atoms with Gasteiger partial charge in [-0.2, -0.15) is 0 Å². The molecular weight excluding hydrogens is 357 g/mol. The summed E-state index contributed by atoms with van der Waals surface area (Å²) in [5.74, 6) is -1.43. The Morgan fingerprint density at radius 3 is 2.63 bits per heavy atom. The Balaban J connectivity index is 1.27. The Bertz CT molecular complexity index is 845. The molecule has 1 amide bonds. The SMILES string of the molecule is O=C1N[C@H](CNc2ncc(F)cn2)C[C@@H]1CC1CC1c1ccc(F)c(F)c1. The second-order valence-electron chi connectivity index (χ2n) is 7.26. The Kier molecular flexibility index (Phi) is 4.72. The summed E-state index contributed by atoms with van der Waals surface area (Å²) in [6.07, 6.45) is 4.47. The summed E-state index contributed by atoms with van der Waals surface area (Å²) in [6, 6.07) is 3.98. The van der Waals surface area contributed by atoms with E-state index in [-0.39, 0.29) is 23.8 Å². The summed E-state index contributed by atoms with van der Waals surface area (Å²) in [4.78, 5) is 19.9. The second kappa shape index (κ2) is 7.17. The fraction of sp³-hybridized carbons (Fsp3) is 0.421. The normalized spacial score (nSPS) is 26.7. The lowest BCUT2D eigenvalue weighted by Crippen LogP contribution is -2.32. The van der Waals surface area contributed by atoms with Gasteiger partial charge in [-0.1, -0.05) is 6.07 Å². The van der Waals surface area contributed by atoms with E-state index in [0.29, 0.717) is 24.8 Å². The molecular formula is C19H19F3N4O. The van der Waals surface area contributed by atoms with Crippen molar-refractivity contribution in [2.24, 2.45) is 11.8 Å². The number of rotatable bonds is 6. The number of aromatic nitrogens is 2. The van der Waals surface area contributed by atoms with Crippen LogP contribution in [0.2, 0.25) is 0 Å². The molecule has 2 unspecified atom stereocenters. The molecule has 2 aliphatic rings. The molecule has 4 rings (SSSR count). The Labute approximate surface area is 154 Å². The largest absolute Gasteiger partial charge is 0.352 e. The van der Waals surface area contributed by atoms with E-state index in [2.05, 4.69) is 20.6 Å². The highest BCUT2D eigenvalue weighted by Gasteiger charge is 2.43. The van der Waals surface area contributed by atoms with Crippen molar-refractivity contribution >= 4 is 11.9 Å². The zero-order valence-electron chi connectivity index (χ0n) is 14.5. The molecule has 0 radical (unpaired) electrons. The minimum Gasteiger partial charge on any atom is -0.352 e. The fourth-order valence-corrected chi connectivity index (χ4v) is 3.81. The number of hydrogen-bond acceptors (Lipinski definition) is 4. The van der Waals surface area contributed by atoms with Crippen LogP contribution in [-0.2, 0) is 4.79 Å². The molecule has 4 atom stereocenters. The Morgan fingerprint density at radius 2 is 1.89 bits per heavy atom. The predicted molar refractivity (Wildman–Crippen MR) is 92.3 cm³/mol. The van der Waals surface area contributed by atoms with E-state index >= 15 is 0 Å². The molecule has 142 valence electrons. The number of nitrogens with one attached hydrogen (secondary N) is 2. The van der Waals surface area contributed by atoms with Gasteiger partial charge in [0.2, 0.25) is 11.9 Å². The maximum Gasteiger partial charge on any atom is 0.223 e. The average Bonchev–Trinajstić information content (AvgIpc) is 3.32. The van der Waals surface area contributed by atoms with E-state index in [9.17, 15) is 18.0 Å². The summed E-state index contributed by atoms with van der Waals surface area (Å²) in [6.45, 7) is 0.463. The van der Waals surface area contributed by atoms with Crippen molar-refractivity contribution in [2.75, 3.05) is 11.9 Å². The summed E-state index contributed by atoms with van der Waals surface area (Å²) in [5.41, 5.74) is 0.795. The van der Waals surface area contributed by atoms with Crippen molar-refractivity contribution in [3.63, 3.8) is 0 Å². The maximum absolute atomic E-state index is 13.4. The molecule has 2 aromatic rings. The van der Waals surface area contributed by atoms with Gasteiger partial charge in [-0.05, 0) is 48.8 Å². The number of benzene rings is 1. The average molecular weight is 376 g/mol. The van der Waals surface area contributed by atoms with Gasteiger partial charge in [0, 0.05) is 18.5 Å². The van der Waals surface area contributed by atoms with Crippen molar-refractivity contribution in [3.05, 3.63) is 53.6 Å². The molecule has 5 nitrogen and oxygen atoms in total. The molecule has 1 aliphatic carbocycles.